The predicted molar refractivity (Wildman–Crippen MR) is 493 cm³/mol. The average Bonchev–Trinajstić information content (AvgIpc) is 1.59. The van der Waals surface area contributed by atoms with Crippen LogP contribution in [0.3, 0.4) is 0 Å². The van der Waals surface area contributed by atoms with E-state index in [1.54, 1.807) is 78.0 Å². The number of halogens is 4. The number of hydrogen-bond donors (Lipinski definition) is 13. The van der Waals surface area contributed by atoms with Crippen molar-refractivity contribution in [2.75, 3.05) is 53.1 Å². The summed E-state index contributed by atoms with van der Waals surface area (Å²) in [7, 11) is -1.00. The molecule has 0 saturated carbocycles. The second-order valence-corrected chi connectivity index (χ2v) is 32.8. The number of thioether (sulfide) groups is 4. The van der Waals surface area contributed by atoms with E-state index in [0.29, 0.717) is 71.9 Å². The highest BCUT2D eigenvalue weighted by atomic mass is 127. The summed E-state index contributed by atoms with van der Waals surface area (Å²) in [5.41, 5.74) is 16.6. The number of esters is 2. The molecular formula is C82H97Cl2FIN17O15S5. The first kappa shape index (κ1) is 99.7. The van der Waals surface area contributed by atoms with Gasteiger partial charge in [-0.05, 0) is 161 Å². The summed E-state index contributed by atoms with van der Waals surface area (Å²) >= 11 is 18.2. The highest BCUT2D eigenvalue weighted by molar-refractivity contribution is 14.1. The first-order chi connectivity index (χ1) is 59.2. The van der Waals surface area contributed by atoms with Gasteiger partial charge in [0, 0.05) is 106 Å². The average molecular weight is 1940 g/mol. The van der Waals surface area contributed by atoms with Gasteiger partial charge in [0.2, 0.25) is 0 Å². The van der Waals surface area contributed by atoms with E-state index < -0.39 is 30.7 Å². The number of nitrogens with one attached hydrogen (secondary N) is 4. The predicted octanol–water partition coefficient (Wildman–Crippen LogP) is 16.5. The maximum absolute atomic E-state index is 12.1. The van der Waals surface area contributed by atoms with Crippen LogP contribution in [-0.4, -0.2) is 205 Å². The SMILES string of the molecule is CC(C)(C)OC(=O)CCCS.CC(C)(C)OC(=O)CCCSc1ncnc2c1c1cn2C1.Cl.Clc1ncnc2[nH]ccc12.NCCSc1ncnc2[nH]ccc12.Nc1ccc(C(=O)O)c(O)c1.O=C(CCCSc1ncnc2[nH]ccc12)Cc1ccc(C(=O)O)c(O)c1.O=C(CCCSc1ncnc2[nH]ccc12)Cc1ccc(C(=O)O)c(O)c1.[2H]CF.[2H]CI. The number of ether oxygens (including phenoxy) is 2. The lowest BCUT2D eigenvalue weighted by Crippen LogP contribution is -2.23. The third-order valence-electron chi connectivity index (χ3n) is 16.1. The standard InChI is InChI=1S/2C18H17N3O4S.C15H19N3O2S.C8H10N4S.C8H16O2S.C7H7NO3.C6H4ClN3.CH3F.CH3I.ClH/c2*22-12(8-11-3-4-13(18(24)25)15(23)9-11)2-1-7-26-17-14-5-6-19-16(14)20-10-21-17;1-15(2,3)20-11(19)5-4-6-21-14-12-10-7-18(8-10)13(12)16-9-17-14;9-2-4-13-8-6-1-3-10-7(6)11-5-12-8;1-8(2,3)10-7(9)5-4-6-11;8-4-1-2-5(7(10)11)6(9)3-4;7-5-4-1-2-8-6(4)10-3-9-5;2*1-2;/h2*3-6,9-10,23H,1-2,7-8H2,(H,24,25)(H,19,20,21);7,9H,4-6,8H2,1-3H3;1,3,5H,2,4,9H2,(H,10,11,12);11H,4-6H2,1-3H3;1-3,9H,8H2,(H,10,11);1-3H,(H,8,9,10);2*1H3;1H/i;;;;;;;2*1D;. The number of aromatic carboxylic acids is 3. The Morgan fingerprint density at radius 1 is 0.537 bits per heavy atom. The highest BCUT2D eigenvalue weighted by Crippen LogP contribution is 2.36. The summed E-state index contributed by atoms with van der Waals surface area (Å²) < 4.78 is 34.2. The number of hydrogen-bond acceptors (Lipinski definition) is 29. The van der Waals surface area contributed by atoms with Crippen molar-refractivity contribution in [1.29, 1.82) is 0 Å². The number of Topliss-reactive ketones (excluding diaryl/α,β-unsaturated/α-hetero) is 2. The molecule has 658 valence electrons. The summed E-state index contributed by atoms with van der Waals surface area (Å²) in [4.78, 5) is 133. The minimum atomic E-state index is -1.20. The zero-order chi connectivity index (χ0) is 90.9. The Balaban J connectivity index is 0.000000263. The monoisotopic (exact) mass is 1940 g/mol. The van der Waals surface area contributed by atoms with E-state index in [2.05, 4.69) is 93.2 Å². The minimum absolute atomic E-state index is 0. The van der Waals surface area contributed by atoms with Crippen LogP contribution in [0.5, 0.6) is 17.2 Å². The molecule has 123 heavy (non-hydrogen) atoms. The van der Waals surface area contributed by atoms with Crippen LogP contribution in [0.25, 0.3) is 55.2 Å². The number of carboxylic acids is 3. The zero-order valence-corrected chi connectivity index (χ0v) is 75.7. The molecule has 0 aliphatic carbocycles. The van der Waals surface area contributed by atoms with Crippen molar-refractivity contribution >= 4 is 209 Å². The molecule has 2 aliphatic heterocycles. The zero-order valence-electron chi connectivity index (χ0n) is 69.8. The highest BCUT2D eigenvalue weighted by Gasteiger charge is 2.24. The maximum atomic E-state index is 12.1. The van der Waals surface area contributed by atoms with Crippen molar-refractivity contribution in [2.45, 2.75) is 144 Å². The lowest BCUT2D eigenvalue weighted by Gasteiger charge is -2.19. The van der Waals surface area contributed by atoms with Gasteiger partial charge in [0.25, 0.3) is 0 Å². The lowest BCUT2D eigenvalue weighted by atomic mass is 10.0. The van der Waals surface area contributed by atoms with E-state index in [1.807, 2.05) is 107 Å². The number of aromatic nitrogens is 15. The van der Waals surface area contributed by atoms with Gasteiger partial charge in [-0.15, -0.1) is 59.5 Å². The Morgan fingerprint density at radius 3 is 1.27 bits per heavy atom. The number of thiol groups is 1. The summed E-state index contributed by atoms with van der Waals surface area (Å²) in [5, 5.41) is 63.9. The van der Waals surface area contributed by atoms with E-state index in [4.69, 9.17) is 55.7 Å². The number of aromatic hydroxyl groups is 3. The number of anilines is 1. The van der Waals surface area contributed by atoms with Gasteiger partial charge in [-0.1, -0.05) is 46.3 Å². The second kappa shape index (κ2) is 52.9. The molecule has 0 atom stereocenters. The Hall–Kier alpha value is -10.4. The van der Waals surface area contributed by atoms with Gasteiger partial charge in [-0.3, -0.25) is 23.6 Å². The quantitative estimate of drug-likeness (QED) is 0.00316. The molecule has 32 nitrogen and oxygen atoms in total. The van der Waals surface area contributed by atoms with Gasteiger partial charge in [-0.25, -0.2) is 64.2 Å². The normalized spacial score (nSPS) is 11.0. The van der Waals surface area contributed by atoms with E-state index in [1.165, 1.54) is 72.4 Å². The molecule has 41 heteroatoms. The van der Waals surface area contributed by atoms with Gasteiger partial charge >= 0.3 is 29.8 Å². The van der Waals surface area contributed by atoms with Gasteiger partial charge in [0.15, 0.2) is 0 Å². The molecule has 12 heterocycles. The van der Waals surface area contributed by atoms with Crippen LogP contribution in [0, 0.1) is 0 Å². The third-order valence-corrected chi connectivity index (χ3v) is 21.0. The second-order valence-electron chi connectivity index (χ2n) is 27.6. The van der Waals surface area contributed by atoms with Crippen LogP contribution < -0.4 is 11.5 Å². The minimum Gasteiger partial charge on any atom is -0.507 e. The van der Waals surface area contributed by atoms with Crippen molar-refractivity contribution in [2.24, 2.45) is 5.73 Å². The third kappa shape index (κ3) is 34.3. The molecule has 2 bridgehead atoms. The summed E-state index contributed by atoms with van der Waals surface area (Å²) in [6.45, 7) is 12.9. The molecule has 13 aromatic rings. The van der Waals surface area contributed by atoms with Crippen molar-refractivity contribution < 1.29 is 80.8 Å². The number of nitrogens with two attached hydrogens (primary N) is 2. The van der Waals surface area contributed by atoms with Gasteiger partial charge < -0.3 is 76.1 Å². The maximum Gasteiger partial charge on any atom is 0.339 e. The van der Waals surface area contributed by atoms with E-state index >= 15 is 0 Å². The Morgan fingerprint density at radius 2 is 0.886 bits per heavy atom. The summed E-state index contributed by atoms with van der Waals surface area (Å²) in [6.07, 6.45) is 22.1. The van der Waals surface area contributed by atoms with E-state index in [0.717, 1.165) is 118 Å². The van der Waals surface area contributed by atoms with Crippen LogP contribution in [0.15, 0.2) is 162 Å². The summed E-state index contributed by atoms with van der Waals surface area (Å²) in [6, 6.07) is 20.0. The van der Waals surface area contributed by atoms with Crippen LogP contribution >= 0.6 is 106 Å². The Labute approximate surface area is 757 Å². The fraction of sp³-hybridized carbons (Fsp3) is 0.329. The smallest absolute Gasteiger partial charge is 0.339 e. The molecule has 0 spiro atoms. The number of aromatic amines is 4. The van der Waals surface area contributed by atoms with Crippen LogP contribution in [0.2, 0.25) is 5.15 Å². The Bertz CT molecular complexity index is 5490. The number of ketones is 2. The van der Waals surface area contributed by atoms with E-state index in [-0.39, 0.29) is 88.3 Å². The molecule has 0 amide bonds. The number of carbonyl (C=O) groups excluding carboxylic acids is 4. The van der Waals surface area contributed by atoms with Crippen LogP contribution in [0.4, 0.5) is 10.1 Å². The fourth-order valence-electron chi connectivity index (χ4n) is 10.8. The van der Waals surface area contributed by atoms with Crippen molar-refractivity contribution in [1.82, 2.24) is 74.3 Å². The number of rotatable bonds is 28. The number of carbonyl (C=O) groups is 7. The number of nitrogen functional groups attached to an aromatic ring is 1. The first-order valence-corrected chi connectivity index (χ1v) is 43.7. The fourth-order valence-corrected chi connectivity index (χ4v) is 14.8. The van der Waals surface area contributed by atoms with Crippen molar-refractivity contribution in [3.05, 3.63) is 180 Å². The number of phenols is 3. The Kier molecular flexibility index (Phi) is 42.9. The number of nitrogens with zero attached hydrogens (tertiary/aromatic N) is 11. The van der Waals surface area contributed by atoms with Gasteiger partial charge in [0.05, 0.1) is 42.0 Å². The summed E-state index contributed by atoms with van der Waals surface area (Å²) in [5.74, 6) is -0.693. The first-order valence-electron chi connectivity index (χ1n) is 38.7. The van der Waals surface area contributed by atoms with Gasteiger partial charge in [-0.2, -0.15) is 12.6 Å². The molecule has 14 N–H and O–H groups in total. The largest absolute Gasteiger partial charge is 0.507 e. The lowest BCUT2D eigenvalue weighted by molar-refractivity contribution is -0.155. The van der Waals surface area contributed by atoms with E-state index in [9.17, 15) is 48.2 Å². The number of carboxylic acid groups (broad SMARTS) is 3. The van der Waals surface area contributed by atoms with Crippen LogP contribution in [-0.2, 0) is 48.0 Å². The molecule has 0 radical (unpaired) electrons. The molecule has 0 unspecified atom stereocenters. The van der Waals surface area contributed by atoms with Crippen molar-refractivity contribution in [3.63, 3.8) is 0 Å². The van der Waals surface area contributed by atoms with Gasteiger partial charge in [0.1, 0.15) is 142 Å². The molecule has 10 aromatic heterocycles. The molecular weight excluding hydrogens is 1840 g/mol. The molecule has 0 fully saturated rings. The number of alkyl halides is 2. The molecule has 3 aromatic carbocycles. The number of H-pyrrole nitrogens is 4. The number of benzene rings is 3. The topological polar surface area (TPSA) is 508 Å². The number of fused-ring (bicyclic) bond motifs is 4. The van der Waals surface area contributed by atoms with Crippen LogP contribution in [0.1, 0.15) is 143 Å². The molecule has 0 saturated heterocycles. The molecule has 2 aliphatic rings. The van der Waals surface area contributed by atoms with Crippen molar-refractivity contribution in [3.8, 4) is 17.2 Å². The molecule has 15 rings (SSSR count).